The average Bonchev–Trinajstić information content (AvgIpc) is 2.93. The quantitative estimate of drug-likeness (QED) is 0.493. The van der Waals surface area contributed by atoms with Gasteiger partial charge in [0.1, 0.15) is 0 Å². The molecule has 78 valence electrons. The molecule has 14 heavy (non-hydrogen) atoms. The summed E-state index contributed by atoms with van der Waals surface area (Å²) in [6.45, 7) is 5.75. The Labute approximate surface area is 90.8 Å². The molecular weight excluding hydrogens is 192 g/mol. The first-order valence-electron chi connectivity index (χ1n) is 5.09. The maximum atomic E-state index is 8.62. The van der Waals surface area contributed by atoms with E-state index < -0.39 is 0 Å². The lowest BCUT2D eigenvalue weighted by atomic mass is 10.0. The van der Waals surface area contributed by atoms with Crippen LogP contribution in [0.2, 0.25) is 0 Å². The predicted molar refractivity (Wildman–Crippen MR) is 62.3 cm³/mol. The molecule has 0 amide bonds. The summed E-state index contributed by atoms with van der Waals surface area (Å²) in [6.07, 6.45) is 5.11. The van der Waals surface area contributed by atoms with E-state index in [1.807, 2.05) is 17.8 Å². The molecule has 1 aliphatic carbocycles. The summed E-state index contributed by atoms with van der Waals surface area (Å²) in [5.74, 6) is 2.17. The minimum absolute atomic E-state index is 0.345. The number of thioether (sulfide) groups is 1. The van der Waals surface area contributed by atoms with Crippen molar-refractivity contribution in [2.75, 3.05) is 24.6 Å². The van der Waals surface area contributed by atoms with Gasteiger partial charge >= 0.3 is 0 Å². The van der Waals surface area contributed by atoms with Crippen LogP contribution in [-0.4, -0.2) is 24.6 Å². The number of hydrogen-bond acceptors (Lipinski definition) is 3. The normalized spacial score (nSPS) is 17.4. The lowest BCUT2D eigenvalue weighted by Gasteiger charge is -2.11. The molecule has 0 aromatic rings. The Morgan fingerprint density at radius 3 is 2.93 bits per heavy atom. The van der Waals surface area contributed by atoms with Crippen molar-refractivity contribution in [2.24, 2.45) is 5.41 Å². The van der Waals surface area contributed by atoms with E-state index in [4.69, 9.17) is 5.26 Å². The summed E-state index contributed by atoms with van der Waals surface area (Å²) in [6, 6.07) is 2.27. The van der Waals surface area contributed by atoms with Crippen molar-refractivity contribution < 1.29 is 0 Å². The molecule has 0 heterocycles. The summed E-state index contributed by atoms with van der Waals surface area (Å²) < 4.78 is 0. The van der Waals surface area contributed by atoms with Gasteiger partial charge in [0.25, 0.3) is 0 Å². The second kappa shape index (κ2) is 6.10. The molecule has 1 N–H and O–H groups in total. The Balaban J connectivity index is 1.94. The monoisotopic (exact) mass is 210 g/mol. The van der Waals surface area contributed by atoms with Crippen molar-refractivity contribution in [2.45, 2.75) is 19.3 Å². The molecule has 2 nitrogen and oxygen atoms in total. The third-order valence-electron chi connectivity index (χ3n) is 2.57. The maximum Gasteiger partial charge on any atom is 0.0628 e. The highest BCUT2D eigenvalue weighted by Crippen LogP contribution is 2.47. The highest BCUT2D eigenvalue weighted by atomic mass is 32.2. The smallest absolute Gasteiger partial charge is 0.0628 e. The van der Waals surface area contributed by atoms with Gasteiger partial charge in [-0.25, -0.2) is 0 Å². The van der Waals surface area contributed by atoms with Gasteiger partial charge in [0, 0.05) is 31.0 Å². The summed E-state index contributed by atoms with van der Waals surface area (Å²) >= 11 is 1.89. The number of hydrogen-bond donors (Lipinski definition) is 1. The zero-order chi connectivity index (χ0) is 10.3. The predicted octanol–water partition coefficient (Wildman–Crippen LogP) is 2.19. The van der Waals surface area contributed by atoms with Crippen LogP contribution in [0.3, 0.4) is 0 Å². The third kappa shape index (κ3) is 4.17. The summed E-state index contributed by atoms with van der Waals surface area (Å²) in [5.41, 5.74) is 0.345. The zero-order valence-electron chi connectivity index (χ0n) is 8.59. The first kappa shape index (κ1) is 11.6. The first-order chi connectivity index (χ1) is 6.83. The maximum absolute atomic E-state index is 8.62. The van der Waals surface area contributed by atoms with E-state index >= 15 is 0 Å². The van der Waals surface area contributed by atoms with Crippen LogP contribution in [0, 0.1) is 16.7 Å². The van der Waals surface area contributed by atoms with Gasteiger partial charge in [-0.15, -0.1) is 6.58 Å². The van der Waals surface area contributed by atoms with Gasteiger partial charge < -0.3 is 5.32 Å². The second-order valence-electron chi connectivity index (χ2n) is 3.88. The molecule has 1 rings (SSSR count). The lowest BCUT2D eigenvalue weighted by molar-refractivity contribution is 0.476. The van der Waals surface area contributed by atoms with Gasteiger partial charge in [-0.1, -0.05) is 6.08 Å². The number of nitriles is 1. The summed E-state index contributed by atoms with van der Waals surface area (Å²) in [7, 11) is 0. The van der Waals surface area contributed by atoms with E-state index in [-0.39, 0.29) is 0 Å². The van der Waals surface area contributed by atoms with E-state index in [0.29, 0.717) is 5.41 Å². The minimum atomic E-state index is 0.345. The van der Waals surface area contributed by atoms with Crippen LogP contribution in [-0.2, 0) is 0 Å². The van der Waals surface area contributed by atoms with Crippen LogP contribution in [0.1, 0.15) is 19.3 Å². The Morgan fingerprint density at radius 1 is 1.57 bits per heavy atom. The third-order valence-corrected chi connectivity index (χ3v) is 3.53. The Bertz CT molecular complexity index is 216. The number of rotatable bonds is 8. The zero-order valence-corrected chi connectivity index (χ0v) is 9.41. The highest BCUT2D eigenvalue weighted by Gasteiger charge is 2.41. The standard InChI is InChI=1S/C11H18N2S/c1-2-8-14-9-7-13-10-11(3-4-11)5-6-12/h2,13H,1,3-5,7-10H2. The topological polar surface area (TPSA) is 35.8 Å². The van der Waals surface area contributed by atoms with Crippen molar-refractivity contribution in [1.29, 1.82) is 5.26 Å². The molecule has 0 aromatic heterocycles. The molecule has 0 atom stereocenters. The van der Waals surface area contributed by atoms with E-state index in [1.54, 1.807) is 0 Å². The van der Waals surface area contributed by atoms with Crippen molar-refractivity contribution >= 4 is 11.8 Å². The van der Waals surface area contributed by atoms with Crippen molar-refractivity contribution in [3.8, 4) is 6.07 Å². The molecule has 0 spiro atoms. The van der Waals surface area contributed by atoms with Crippen LogP contribution in [0.15, 0.2) is 12.7 Å². The Kier molecular flexibility index (Phi) is 5.06. The molecule has 0 saturated heterocycles. The van der Waals surface area contributed by atoms with Gasteiger partial charge in [-0.05, 0) is 18.3 Å². The van der Waals surface area contributed by atoms with Gasteiger partial charge in [0.15, 0.2) is 0 Å². The van der Waals surface area contributed by atoms with E-state index in [1.165, 1.54) is 12.8 Å². The molecule has 0 radical (unpaired) electrons. The number of nitrogens with zero attached hydrogens (tertiary/aromatic N) is 1. The van der Waals surface area contributed by atoms with E-state index in [2.05, 4.69) is 18.0 Å². The number of nitrogens with one attached hydrogen (secondary N) is 1. The van der Waals surface area contributed by atoms with Gasteiger partial charge in [0.2, 0.25) is 0 Å². The molecule has 0 unspecified atom stereocenters. The van der Waals surface area contributed by atoms with E-state index in [0.717, 1.165) is 31.0 Å². The fraction of sp³-hybridized carbons (Fsp3) is 0.727. The average molecular weight is 210 g/mol. The van der Waals surface area contributed by atoms with Crippen LogP contribution in [0.25, 0.3) is 0 Å². The van der Waals surface area contributed by atoms with Crippen LogP contribution >= 0.6 is 11.8 Å². The molecule has 0 aromatic carbocycles. The molecule has 1 fully saturated rings. The first-order valence-corrected chi connectivity index (χ1v) is 6.25. The van der Waals surface area contributed by atoms with Gasteiger partial charge in [-0.2, -0.15) is 17.0 Å². The van der Waals surface area contributed by atoms with Crippen molar-refractivity contribution in [3.63, 3.8) is 0 Å². The molecule has 0 aliphatic heterocycles. The van der Waals surface area contributed by atoms with Crippen LogP contribution in [0.5, 0.6) is 0 Å². The van der Waals surface area contributed by atoms with Gasteiger partial charge in [-0.3, -0.25) is 0 Å². The van der Waals surface area contributed by atoms with Crippen LogP contribution < -0.4 is 5.32 Å². The fourth-order valence-corrected chi connectivity index (χ4v) is 2.05. The molecular formula is C11H18N2S. The van der Waals surface area contributed by atoms with Crippen molar-refractivity contribution in [1.82, 2.24) is 5.32 Å². The molecule has 1 saturated carbocycles. The Hall–Kier alpha value is -0.460. The largest absolute Gasteiger partial charge is 0.315 e. The molecule has 0 bridgehead atoms. The molecule has 3 heteroatoms. The van der Waals surface area contributed by atoms with Crippen LogP contribution in [0.4, 0.5) is 0 Å². The fourth-order valence-electron chi connectivity index (χ4n) is 1.43. The SMILES string of the molecule is C=CCSCCNCC1(CC#N)CC1. The highest BCUT2D eigenvalue weighted by molar-refractivity contribution is 7.99. The van der Waals surface area contributed by atoms with Crippen molar-refractivity contribution in [3.05, 3.63) is 12.7 Å². The van der Waals surface area contributed by atoms with Gasteiger partial charge in [0.05, 0.1) is 6.07 Å². The lowest BCUT2D eigenvalue weighted by Crippen LogP contribution is -2.25. The summed E-state index contributed by atoms with van der Waals surface area (Å²) in [5, 5.41) is 12.0. The minimum Gasteiger partial charge on any atom is -0.315 e. The van der Waals surface area contributed by atoms with E-state index in [9.17, 15) is 0 Å². The summed E-state index contributed by atoms with van der Waals surface area (Å²) in [4.78, 5) is 0. The molecule has 1 aliphatic rings. The Morgan fingerprint density at radius 2 is 2.36 bits per heavy atom. The second-order valence-corrected chi connectivity index (χ2v) is 5.03.